The van der Waals surface area contributed by atoms with E-state index < -0.39 is 18.0 Å². The van der Waals surface area contributed by atoms with Crippen molar-refractivity contribution >= 4 is 23.6 Å². The number of hydrogen-bond donors (Lipinski definition) is 1. The molecule has 1 unspecified atom stereocenters. The van der Waals surface area contributed by atoms with E-state index in [-0.39, 0.29) is 0 Å². The Balaban J connectivity index is 1.96. The van der Waals surface area contributed by atoms with Crippen LogP contribution in [0.4, 0.5) is 5.69 Å². The SMILES string of the molecule is COc1ccccc1NC(=O)C(C)OC(=O)C=Cc1ccc(OC)c(OC)c1. The first kappa shape index (κ1) is 20.8. The Morgan fingerprint density at radius 1 is 0.929 bits per heavy atom. The lowest BCUT2D eigenvalue weighted by Crippen LogP contribution is -2.29. The molecule has 7 nitrogen and oxygen atoms in total. The minimum Gasteiger partial charge on any atom is -0.495 e. The number of amides is 1. The lowest BCUT2D eigenvalue weighted by atomic mass is 10.2. The van der Waals surface area contributed by atoms with E-state index in [1.165, 1.54) is 27.2 Å². The molecule has 7 heteroatoms. The molecule has 0 heterocycles. The van der Waals surface area contributed by atoms with Crippen LogP contribution < -0.4 is 19.5 Å². The number of nitrogens with one attached hydrogen (secondary N) is 1. The maximum atomic E-state index is 12.2. The molecule has 0 spiro atoms. The van der Waals surface area contributed by atoms with Gasteiger partial charge in [0.15, 0.2) is 17.6 Å². The van der Waals surface area contributed by atoms with Gasteiger partial charge < -0.3 is 24.3 Å². The largest absolute Gasteiger partial charge is 0.495 e. The molecule has 2 aromatic rings. The van der Waals surface area contributed by atoms with Crippen LogP contribution in [-0.2, 0) is 14.3 Å². The number of esters is 1. The van der Waals surface area contributed by atoms with Crippen molar-refractivity contribution in [3.63, 3.8) is 0 Å². The molecule has 2 aromatic carbocycles. The van der Waals surface area contributed by atoms with Gasteiger partial charge in [-0.1, -0.05) is 18.2 Å². The summed E-state index contributed by atoms with van der Waals surface area (Å²) in [6.07, 6.45) is 1.83. The molecule has 0 aliphatic rings. The van der Waals surface area contributed by atoms with Crippen molar-refractivity contribution in [2.45, 2.75) is 13.0 Å². The Morgan fingerprint density at radius 3 is 2.29 bits per heavy atom. The molecule has 0 aromatic heterocycles. The molecule has 148 valence electrons. The second-order valence-corrected chi connectivity index (χ2v) is 5.72. The minimum atomic E-state index is -0.979. The van der Waals surface area contributed by atoms with Crippen molar-refractivity contribution in [1.29, 1.82) is 0 Å². The van der Waals surface area contributed by atoms with Gasteiger partial charge in [-0.3, -0.25) is 4.79 Å². The molecule has 0 saturated heterocycles. The molecule has 0 fully saturated rings. The predicted octanol–water partition coefficient (Wildman–Crippen LogP) is 3.30. The summed E-state index contributed by atoms with van der Waals surface area (Å²) in [5, 5.41) is 2.67. The summed E-state index contributed by atoms with van der Waals surface area (Å²) in [4.78, 5) is 24.3. The van der Waals surface area contributed by atoms with E-state index in [0.717, 1.165) is 5.56 Å². The molecule has 1 atom stereocenters. The molecule has 0 aliphatic heterocycles. The molecule has 0 radical (unpaired) electrons. The summed E-state index contributed by atoms with van der Waals surface area (Å²) in [6, 6.07) is 12.2. The molecule has 1 amide bonds. The molecule has 0 aliphatic carbocycles. The van der Waals surface area contributed by atoms with Crippen LogP contribution in [0.3, 0.4) is 0 Å². The van der Waals surface area contributed by atoms with E-state index in [1.807, 2.05) is 0 Å². The van der Waals surface area contributed by atoms with Crippen molar-refractivity contribution in [3.05, 3.63) is 54.1 Å². The van der Waals surface area contributed by atoms with Crippen LogP contribution in [0, 0.1) is 0 Å². The van der Waals surface area contributed by atoms with Crippen LogP contribution in [0.1, 0.15) is 12.5 Å². The quantitative estimate of drug-likeness (QED) is 0.555. The summed E-state index contributed by atoms with van der Waals surface area (Å²) in [7, 11) is 4.58. The van der Waals surface area contributed by atoms with Crippen molar-refractivity contribution in [2.24, 2.45) is 0 Å². The van der Waals surface area contributed by atoms with Crippen LogP contribution in [0.15, 0.2) is 48.5 Å². The Bertz CT molecular complexity index is 862. The molecule has 28 heavy (non-hydrogen) atoms. The highest BCUT2D eigenvalue weighted by Gasteiger charge is 2.18. The fourth-order valence-electron chi connectivity index (χ4n) is 2.37. The van der Waals surface area contributed by atoms with Crippen molar-refractivity contribution in [3.8, 4) is 17.2 Å². The Hall–Kier alpha value is -3.48. The van der Waals surface area contributed by atoms with Crippen LogP contribution >= 0.6 is 0 Å². The van der Waals surface area contributed by atoms with Gasteiger partial charge in [-0.15, -0.1) is 0 Å². The van der Waals surface area contributed by atoms with E-state index in [9.17, 15) is 9.59 Å². The van der Waals surface area contributed by atoms with E-state index in [1.54, 1.807) is 55.7 Å². The Kier molecular flexibility index (Phi) is 7.45. The second-order valence-electron chi connectivity index (χ2n) is 5.72. The van der Waals surface area contributed by atoms with Crippen molar-refractivity contribution in [2.75, 3.05) is 26.6 Å². The second kappa shape index (κ2) is 10.0. The Labute approximate surface area is 163 Å². The van der Waals surface area contributed by atoms with Gasteiger partial charge in [0.05, 0.1) is 27.0 Å². The zero-order valence-corrected chi connectivity index (χ0v) is 16.2. The first-order chi connectivity index (χ1) is 13.5. The maximum absolute atomic E-state index is 12.2. The summed E-state index contributed by atoms with van der Waals surface area (Å²) >= 11 is 0. The van der Waals surface area contributed by atoms with E-state index in [4.69, 9.17) is 18.9 Å². The number of methoxy groups -OCH3 is 3. The van der Waals surface area contributed by atoms with Crippen molar-refractivity contribution in [1.82, 2.24) is 0 Å². The number of carbonyl (C=O) groups is 2. The Morgan fingerprint density at radius 2 is 1.61 bits per heavy atom. The lowest BCUT2D eigenvalue weighted by molar-refractivity contribution is -0.148. The van der Waals surface area contributed by atoms with Crippen LogP contribution in [0.2, 0.25) is 0 Å². The highest BCUT2D eigenvalue weighted by atomic mass is 16.5. The zero-order chi connectivity index (χ0) is 20.5. The predicted molar refractivity (Wildman–Crippen MR) is 106 cm³/mol. The molecule has 0 saturated carbocycles. The molecular weight excluding hydrogens is 362 g/mol. The summed E-state index contributed by atoms with van der Waals surface area (Å²) < 4.78 is 20.7. The van der Waals surface area contributed by atoms with Crippen LogP contribution in [0.25, 0.3) is 6.08 Å². The standard InChI is InChI=1S/C21H23NO6/c1-14(21(24)22-16-7-5-6-8-17(16)25-2)28-20(23)12-10-15-9-11-18(26-3)19(13-15)27-4/h5-14H,1-4H3,(H,22,24). The fourth-order valence-corrected chi connectivity index (χ4v) is 2.37. The number of hydrogen-bond acceptors (Lipinski definition) is 6. The average molecular weight is 385 g/mol. The summed E-state index contributed by atoms with van der Waals surface area (Å²) in [5.41, 5.74) is 1.22. The molecular formula is C21H23NO6. The number of ether oxygens (including phenoxy) is 4. The van der Waals surface area contributed by atoms with Gasteiger partial charge in [0.25, 0.3) is 5.91 Å². The smallest absolute Gasteiger partial charge is 0.331 e. The lowest BCUT2D eigenvalue weighted by Gasteiger charge is -2.14. The summed E-state index contributed by atoms with van der Waals surface area (Å²) in [6.45, 7) is 1.49. The van der Waals surface area contributed by atoms with Gasteiger partial charge in [-0.05, 0) is 42.8 Å². The van der Waals surface area contributed by atoms with Gasteiger partial charge >= 0.3 is 5.97 Å². The van der Waals surface area contributed by atoms with Gasteiger partial charge in [-0.25, -0.2) is 4.79 Å². The number of para-hydroxylation sites is 2. The third-order valence-electron chi connectivity index (χ3n) is 3.85. The van der Waals surface area contributed by atoms with Crippen LogP contribution in [0.5, 0.6) is 17.2 Å². The number of rotatable bonds is 8. The number of carbonyl (C=O) groups excluding carboxylic acids is 2. The number of anilines is 1. The van der Waals surface area contributed by atoms with Crippen LogP contribution in [-0.4, -0.2) is 39.3 Å². The fraction of sp³-hybridized carbons (Fsp3) is 0.238. The van der Waals surface area contributed by atoms with E-state index in [2.05, 4.69) is 5.32 Å². The summed E-state index contributed by atoms with van der Waals surface area (Å²) in [5.74, 6) is 0.545. The molecule has 2 rings (SSSR count). The monoisotopic (exact) mass is 385 g/mol. The van der Waals surface area contributed by atoms with E-state index >= 15 is 0 Å². The number of benzene rings is 2. The van der Waals surface area contributed by atoms with Crippen molar-refractivity contribution < 1.29 is 28.5 Å². The highest BCUT2D eigenvalue weighted by Crippen LogP contribution is 2.28. The normalized spacial score (nSPS) is 11.6. The average Bonchev–Trinajstić information content (AvgIpc) is 2.72. The first-order valence-electron chi connectivity index (χ1n) is 8.53. The van der Waals surface area contributed by atoms with Gasteiger partial charge in [0.2, 0.25) is 0 Å². The van der Waals surface area contributed by atoms with Gasteiger partial charge in [0, 0.05) is 6.08 Å². The van der Waals surface area contributed by atoms with E-state index in [0.29, 0.717) is 22.9 Å². The minimum absolute atomic E-state index is 0.461. The van der Waals surface area contributed by atoms with Gasteiger partial charge in [0.1, 0.15) is 5.75 Å². The highest BCUT2D eigenvalue weighted by molar-refractivity contribution is 5.97. The zero-order valence-electron chi connectivity index (χ0n) is 16.2. The molecule has 0 bridgehead atoms. The topological polar surface area (TPSA) is 83.1 Å². The van der Waals surface area contributed by atoms with Gasteiger partial charge in [-0.2, -0.15) is 0 Å². The molecule has 1 N–H and O–H groups in total. The first-order valence-corrected chi connectivity index (χ1v) is 8.53. The third kappa shape index (κ3) is 5.51. The third-order valence-corrected chi connectivity index (χ3v) is 3.85. The maximum Gasteiger partial charge on any atom is 0.331 e.